The van der Waals surface area contributed by atoms with Crippen LogP contribution in [0.15, 0.2) is 30.6 Å². The summed E-state index contributed by atoms with van der Waals surface area (Å²) in [6, 6.07) is 7.77. The van der Waals surface area contributed by atoms with E-state index < -0.39 is 0 Å². The highest BCUT2D eigenvalue weighted by Crippen LogP contribution is 2.31. The highest BCUT2D eigenvalue weighted by Gasteiger charge is 2.10. The van der Waals surface area contributed by atoms with Crippen molar-refractivity contribution >= 4 is 17.3 Å². The maximum absolute atomic E-state index is 5.70. The Balaban J connectivity index is 1.91. The van der Waals surface area contributed by atoms with Gasteiger partial charge >= 0.3 is 0 Å². The lowest BCUT2D eigenvalue weighted by atomic mass is 10.2. The van der Waals surface area contributed by atoms with Gasteiger partial charge in [0.05, 0.1) is 13.7 Å². The van der Waals surface area contributed by atoms with E-state index in [0.717, 1.165) is 42.2 Å². The van der Waals surface area contributed by atoms with Crippen LogP contribution in [0.5, 0.6) is 11.5 Å². The lowest BCUT2D eigenvalue weighted by molar-refractivity contribution is 0.294. The molecule has 0 saturated carbocycles. The minimum atomic E-state index is 0.586. The van der Waals surface area contributed by atoms with Gasteiger partial charge in [0.15, 0.2) is 11.5 Å². The lowest BCUT2D eigenvalue weighted by Crippen LogP contribution is -2.04. The van der Waals surface area contributed by atoms with Crippen LogP contribution < -0.4 is 14.8 Å². The Morgan fingerprint density at radius 3 is 2.76 bits per heavy atom. The Bertz CT molecular complexity index is 847. The summed E-state index contributed by atoms with van der Waals surface area (Å²) in [6.07, 6.45) is 4.37. The number of benzene rings is 1. The van der Waals surface area contributed by atoms with E-state index in [2.05, 4.69) is 34.2 Å². The normalized spacial score (nSPS) is 10.8. The van der Waals surface area contributed by atoms with Crippen molar-refractivity contribution in [2.45, 2.75) is 33.1 Å². The highest BCUT2D eigenvalue weighted by molar-refractivity contribution is 5.63. The second-order valence-electron chi connectivity index (χ2n) is 5.69. The predicted molar refractivity (Wildman–Crippen MR) is 96.8 cm³/mol. The molecular formula is C18H23N5O2. The van der Waals surface area contributed by atoms with Crippen molar-refractivity contribution in [2.24, 2.45) is 0 Å². The number of ether oxygens (including phenoxy) is 2. The molecule has 2 heterocycles. The van der Waals surface area contributed by atoms with Gasteiger partial charge in [-0.3, -0.25) is 0 Å². The number of fused-ring (bicyclic) bond motifs is 1. The maximum Gasteiger partial charge on any atom is 0.254 e. The maximum atomic E-state index is 5.70. The van der Waals surface area contributed by atoms with E-state index >= 15 is 0 Å². The first-order chi connectivity index (χ1) is 12.2. The number of aromatic nitrogens is 4. The van der Waals surface area contributed by atoms with E-state index in [0.29, 0.717) is 18.1 Å². The SMILES string of the molecule is CCCOc1ccc(Nc2cc(CCC)nc3ncnn23)cc1OC. The molecule has 0 unspecified atom stereocenters. The molecule has 1 N–H and O–H groups in total. The molecule has 0 fully saturated rings. The Morgan fingerprint density at radius 1 is 1.12 bits per heavy atom. The number of nitrogens with zero attached hydrogens (tertiary/aromatic N) is 4. The van der Waals surface area contributed by atoms with Gasteiger partial charge in [0.25, 0.3) is 5.78 Å². The topological polar surface area (TPSA) is 73.6 Å². The van der Waals surface area contributed by atoms with Crippen LogP contribution in [0.3, 0.4) is 0 Å². The molecule has 132 valence electrons. The molecule has 0 atom stereocenters. The molecule has 0 amide bonds. The summed E-state index contributed by atoms with van der Waals surface area (Å²) in [5.41, 5.74) is 1.87. The van der Waals surface area contributed by atoms with Gasteiger partial charge in [0.2, 0.25) is 0 Å². The van der Waals surface area contributed by atoms with Crippen molar-refractivity contribution < 1.29 is 9.47 Å². The second kappa shape index (κ2) is 7.83. The quantitative estimate of drug-likeness (QED) is 0.674. The third kappa shape index (κ3) is 3.81. The zero-order chi connectivity index (χ0) is 17.6. The molecule has 0 aliphatic heterocycles. The average molecular weight is 341 g/mol. The number of rotatable bonds is 8. The molecule has 1 aromatic carbocycles. The fraction of sp³-hybridized carbons (Fsp3) is 0.389. The van der Waals surface area contributed by atoms with Crippen molar-refractivity contribution in [1.29, 1.82) is 0 Å². The number of hydrogen-bond donors (Lipinski definition) is 1. The van der Waals surface area contributed by atoms with Crippen LogP contribution in [-0.2, 0) is 6.42 Å². The van der Waals surface area contributed by atoms with Gasteiger partial charge in [-0.1, -0.05) is 20.3 Å². The van der Waals surface area contributed by atoms with Gasteiger partial charge in [0.1, 0.15) is 12.1 Å². The van der Waals surface area contributed by atoms with Crippen molar-refractivity contribution in [3.8, 4) is 11.5 Å². The van der Waals surface area contributed by atoms with Crippen molar-refractivity contribution in [1.82, 2.24) is 19.6 Å². The van der Waals surface area contributed by atoms with E-state index in [9.17, 15) is 0 Å². The summed E-state index contributed by atoms with van der Waals surface area (Å²) in [7, 11) is 1.64. The largest absolute Gasteiger partial charge is 0.493 e. The van der Waals surface area contributed by atoms with Gasteiger partial charge in [-0.05, 0) is 25.0 Å². The molecule has 25 heavy (non-hydrogen) atoms. The van der Waals surface area contributed by atoms with Gasteiger partial charge in [-0.25, -0.2) is 4.98 Å². The molecule has 0 aliphatic rings. The van der Waals surface area contributed by atoms with Gasteiger partial charge in [0, 0.05) is 23.5 Å². The van der Waals surface area contributed by atoms with Crippen LogP contribution in [0.2, 0.25) is 0 Å². The molecule has 0 bridgehead atoms. The molecule has 3 rings (SSSR count). The van der Waals surface area contributed by atoms with Gasteiger partial charge in [-0.2, -0.15) is 14.6 Å². The van der Waals surface area contributed by atoms with E-state index in [1.54, 1.807) is 11.6 Å². The van der Waals surface area contributed by atoms with E-state index in [-0.39, 0.29) is 0 Å². The Labute approximate surface area is 147 Å². The monoisotopic (exact) mass is 341 g/mol. The molecule has 3 aromatic rings. The Hall–Kier alpha value is -2.83. The Morgan fingerprint density at radius 2 is 2.00 bits per heavy atom. The van der Waals surface area contributed by atoms with Crippen molar-refractivity contribution in [3.05, 3.63) is 36.3 Å². The summed E-state index contributed by atoms with van der Waals surface area (Å²) in [5, 5.41) is 7.62. The molecule has 0 saturated heterocycles. The van der Waals surface area contributed by atoms with Gasteiger partial charge < -0.3 is 14.8 Å². The summed E-state index contributed by atoms with van der Waals surface area (Å²) >= 11 is 0. The average Bonchev–Trinajstić information content (AvgIpc) is 3.09. The minimum absolute atomic E-state index is 0.586. The lowest BCUT2D eigenvalue weighted by Gasteiger charge is -2.13. The molecule has 0 radical (unpaired) electrons. The van der Waals surface area contributed by atoms with E-state index in [1.807, 2.05) is 24.3 Å². The predicted octanol–water partition coefficient (Wildman–Crippen LogP) is 3.62. The Kier molecular flexibility index (Phi) is 5.33. The first kappa shape index (κ1) is 17.0. The molecular weight excluding hydrogens is 318 g/mol. The summed E-state index contributed by atoms with van der Waals surface area (Å²) < 4.78 is 12.8. The second-order valence-corrected chi connectivity index (χ2v) is 5.69. The third-order valence-electron chi connectivity index (χ3n) is 3.71. The molecule has 0 spiro atoms. The summed E-state index contributed by atoms with van der Waals surface area (Å²) in [5.74, 6) is 2.83. The highest BCUT2D eigenvalue weighted by atomic mass is 16.5. The zero-order valence-electron chi connectivity index (χ0n) is 14.8. The van der Waals surface area contributed by atoms with Crippen molar-refractivity contribution in [3.63, 3.8) is 0 Å². The van der Waals surface area contributed by atoms with Crippen molar-refractivity contribution in [2.75, 3.05) is 19.0 Å². The standard InChI is InChI=1S/C18H23N5O2/c1-4-6-13-11-17(23-18(22-13)19-12-20-23)21-14-7-8-15(25-9-5-2)16(10-14)24-3/h7-8,10-12,21H,4-6,9H2,1-3H3. The number of anilines is 2. The van der Waals surface area contributed by atoms with Crippen LogP contribution >= 0.6 is 0 Å². The third-order valence-corrected chi connectivity index (χ3v) is 3.71. The number of hydrogen-bond acceptors (Lipinski definition) is 6. The number of nitrogens with one attached hydrogen (secondary N) is 1. The van der Waals surface area contributed by atoms with Crippen LogP contribution in [0, 0.1) is 0 Å². The first-order valence-corrected chi connectivity index (χ1v) is 8.52. The van der Waals surface area contributed by atoms with Gasteiger partial charge in [-0.15, -0.1) is 0 Å². The van der Waals surface area contributed by atoms with Crippen LogP contribution in [-0.4, -0.2) is 33.3 Å². The molecule has 0 aliphatic carbocycles. The fourth-order valence-electron chi connectivity index (χ4n) is 2.56. The fourth-order valence-corrected chi connectivity index (χ4v) is 2.56. The van der Waals surface area contributed by atoms with Crippen LogP contribution in [0.4, 0.5) is 11.5 Å². The van der Waals surface area contributed by atoms with E-state index in [4.69, 9.17) is 9.47 Å². The minimum Gasteiger partial charge on any atom is -0.493 e. The summed E-state index contributed by atoms with van der Waals surface area (Å²) in [6.45, 7) is 4.86. The first-order valence-electron chi connectivity index (χ1n) is 8.52. The number of methoxy groups -OCH3 is 1. The zero-order valence-corrected chi connectivity index (χ0v) is 14.8. The molecule has 7 nitrogen and oxygen atoms in total. The van der Waals surface area contributed by atoms with Crippen LogP contribution in [0.25, 0.3) is 5.78 Å². The number of aryl methyl sites for hydroxylation is 1. The van der Waals surface area contributed by atoms with E-state index in [1.165, 1.54) is 6.33 Å². The van der Waals surface area contributed by atoms with Crippen LogP contribution in [0.1, 0.15) is 32.4 Å². The molecule has 2 aromatic heterocycles. The molecule has 7 heteroatoms. The summed E-state index contributed by atoms with van der Waals surface area (Å²) in [4.78, 5) is 8.71. The smallest absolute Gasteiger partial charge is 0.254 e.